The highest BCUT2D eigenvalue weighted by Crippen LogP contribution is 2.42. The van der Waals surface area contributed by atoms with Crippen molar-refractivity contribution in [2.75, 3.05) is 5.32 Å². The van der Waals surface area contributed by atoms with Crippen LogP contribution in [0.5, 0.6) is 0 Å². The summed E-state index contributed by atoms with van der Waals surface area (Å²) in [7, 11) is 0. The number of hydrogen-bond donors (Lipinski definition) is 4. The van der Waals surface area contributed by atoms with Gasteiger partial charge in [0.2, 0.25) is 0 Å². The van der Waals surface area contributed by atoms with Gasteiger partial charge >= 0.3 is 0 Å². The molecule has 4 N–H and O–H groups in total. The Morgan fingerprint density at radius 2 is 1.22 bits per heavy atom. The van der Waals surface area contributed by atoms with Crippen LogP contribution < -0.4 is 16.3 Å². The molecule has 0 radical (unpaired) electrons. The van der Waals surface area contributed by atoms with Crippen LogP contribution in [0.2, 0.25) is 0 Å². The van der Waals surface area contributed by atoms with Gasteiger partial charge in [0.25, 0.3) is 0 Å². The van der Waals surface area contributed by atoms with Gasteiger partial charge in [-0.2, -0.15) is 0 Å². The number of benzene rings is 4. The fraction of sp³-hybridized carbons (Fsp3) is 0.0250. The van der Waals surface area contributed by atoms with E-state index in [1.54, 1.807) is 6.08 Å². The van der Waals surface area contributed by atoms with E-state index in [1.807, 2.05) is 97.1 Å². The van der Waals surface area contributed by atoms with Crippen LogP contribution in [0.25, 0.3) is 27.1 Å². The van der Waals surface area contributed by atoms with Crippen molar-refractivity contribution in [2.45, 2.75) is 6.42 Å². The number of amidine groups is 2. The molecule has 0 saturated heterocycles. The van der Waals surface area contributed by atoms with E-state index in [1.165, 1.54) is 0 Å². The van der Waals surface area contributed by atoms with Crippen LogP contribution in [0.1, 0.15) is 32.6 Å². The van der Waals surface area contributed by atoms with E-state index in [-0.39, 0.29) is 5.78 Å². The Hall–Kier alpha value is -6.87. The molecule has 2 aliphatic heterocycles. The number of ketones is 1. The smallest absolute Gasteiger partial charge is 0.186 e. The predicted octanol–water partition coefficient (Wildman–Crippen LogP) is 7.52. The second-order valence-electron chi connectivity index (χ2n) is 12.2. The molecule has 3 aliphatic rings. The van der Waals surface area contributed by atoms with Gasteiger partial charge in [-0.25, -0.2) is 20.0 Å². The molecule has 0 fully saturated rings. The number of anilines is 2. The third-order valence-corrected chi connectivity index (χ3v) is 9.24. The first-order chi connectivity index (χ1) is 24.2. The number of nitrogens with one attached hydrogen (secondary N) is 4. The van der Waals surface area contributed by atoms with Gasteiger partial charge in [0, 0.05) is 49.4 Å². The molecule has 0 saturated carbocycles. The standard InChI is InChI=1S/C40H26N8O/c49-31(22-11-2-1-3-12-22)21-23-13-10-20-30-32(23)40-47-38-29-19-9-8-18-28(29)36(45-38)43-34-25-15-5-4-14-24(25)33(41-34)42-35-26-16-6-7-17-27(26)37(44-35)46-39(30)48-40/h1-19,21,44,46,48H,20H2,(H,41,42,43,45,47). The SMILES string of the molecule is O=C(C=C1C=CCc2c3[nH]c(c21)N=C1N=C(N=c2[nH]c(c4ccccc24)=Nc2[nH]c(c4ccccc24)N3)c2ccccc21)c1ccccc1. The summed E-state index contributed by atoms with van der Waals surface area (Å²) in [6.45, 7) is 0. The highest BCUT2D eigenvalue weighted by atomic mass is 16.1. The van der Waals surface area contributed by atoms with Gasteiger partial charge in [0.05, 0.1) is 0 Å². The Labute approximate surface area is 278 Å². The first kappa shape index (κ1) is 27.3. The van der Waals surface area contributed by atoms with E-state index in [4.69, 9.17) is 20.0 Å². The maximum atomic E-state index is 13.5. The van der Waals surface area contributed by atoms with E-state index in [0.29, 0.717) is 46.3 Å². The zero-order valence-corrected chi connectivity index (χ0v) is 26.0. The van der Waals surface area contributed by atoms with Gasteiger partial charge in [-0.05, 0) is 18.1 Å². The Morgan fingerprint density at radius 3 is 2.00 bits per heavy atom. The summed E-state index contributed by atoms with van der Waals surface area (Å²) in [5, 5.41) is 7.51. The number of carbonyl (C=O) groups is 1. The molecule has 0 unspecified atom stereocenters. The van der Waals surface area contributed by atoms with Crippen molar-refractivity contribution in [1.82, 2.24) is 15.0 Å². The lowest BCUT2D eigenvalue weighted by Gasteiger charge is -2.12. The van der Waals surface area contributed by atoms with E-state index < -0.39 is 0 Å². The summed E-state index contributed by atoms with van der Waals surface area (Å²) in [4.78, 5) is 44.5. The topological polar surface area (TPSA) is 126 Å². The molecule has 0 atom stereocenters. The fourth-order valence-corrected chi connectivity index (χ4v) is 6.94. The number of aromatic nitrogens is 3. The lowest BCUT2D eigenvalue weighted by Crippen LogP contribution is -2.13. The molecule has 3 aromatic heterocycles. The van der Waals surface area contributed by atoms with Crippen molar-refractivity contribution in [2.24, 2.45) is 20.0 Å². The van der Waals surface area contributed by atoms with Crippen LogP contribution in [0.15, 0.2) is 141 Å². The molecule has 5 heterocycles. The number of H-pyrrole nitrogens is 3. The van der Waals surface area contributed by atoms with Crippen LogP contribution in [-0.2, 0) is 6.42 Å². The minimum absolute atomic E-state index is 0.0786. The third kappa shape index (κ3) is 4.36. The summed E-state index contributed by atoms with van der Waals surface area (Å²) in [6.07, 6.45) is 6.40. The van der Waals surface area contributed by atoms with Crippen LogP contribution in [0.4, 0.5) is 23.3 Å². The monoisotopic (exact) mass is 634 g/mol. The lowest BCUT2D eigenvalue weighted by atomic mass is 9.93. The highest BCUT2D eigenvalue weighted by Gasteiger charge is 2.27. The number of rotatable bonds is 2. The lowest BCUT2D eigenvalue weighted by molar-refractivity contribution is 0.104. The van der Waals surface area contributed by atoms with Crippen LogP contribution in [0, 0.1) is 0 Å². The fourth-order valence-electron chi connectivity index (χ4n) is 6.94. The maximum Gasteiger partial charge on any atom is 0.186 e. The molecule has 4 aromatic carbocycles. The van der Waals surface area contributed by atoms with E-state index in [9.17, 15) is 4.79 Å². The molecular weight excluding hydrogens is 608 g/mol. The second-order valence-corrected chi connectivity index (χ2v) is 12.2. The van der Waals surface area contributed by atoms with Crippen molar-refractivity contribution in [3.05, 3.63) is 160 Å². The predicted molar refractivity (Wildman–Crippen MR) is 193 cm³/mol. The Kier molecular flexibility index (Phi) is 5.89. The molecule has 10 rings (SSSR count). The minimum Gasteiger partial charge on any atom is -0.327 e. The van der Waals surface area contributed by atoms with E-state index >= 15 is 0 Å². The van der Waals surface area contributed by atoms with E-state index in [0.717, 1.165) is 61.0 Å². The zero-order valence-electron chi connectivity index (χ0n) is 26.0. The summed E-state index contributed by atoms with van der Waals surface area (Å²) >= 11 is 0. The van der Waals surface area contributed by atoms with Gasteiger partial charge in [-0.1, -0.05) is 115 Å². The Bertz CT molecular complexity index is 2790. The van der Waals surface area contributed by atoms with Gasteiger partial charge in [-0.15, -0.1) is 0 Å². The van der Waals surface area contributed by atoms with Crippen molar-refractivity contribution < 1.29 is 4.79 Å². The van der Waals surface area contributed by atoms with Gasteiger partial charge < -0.3 is 20.3 Å². The van der Waals surface area contributed by atoms with Gasteiger partial charge in [0.1, 0.15) is 34.2 Å². The number of allylic oxidation sites excluding steroid dienone is 4. The zero-order chi connectivity index (χ0) is 32.5. The average molecular weight is 635 g/mol. The van der Waals surface area contributed by atoms with Gasteiger partial charge in [-0.3, -0.25) is 4.79 Å². The van der Waals surface area contributed by atoms with Crippen LogP contribution >= 0.6 is 0 Å². The molecular formula is C40H26N8O. The molecule has 0 spiro atoms. The molecule has 8 bridgehead atoms. The average Bonchev–Trinajstić information content (AvgIpc) is 3.88. The molecule has 9 nitrogen and oxygen atoms in total. The summed E-state index contributed by atoms with van der Waals surface area (Å²) in [6, 6.07) is 33.5. The summed E-state index contributed by atoms with van der Waals surface area (Å²) in [5.41, 5.74) is 6.37. The molecule has 7 aromatic rings. The van der Waals surface area contributed by atoms with Crippen molar-refractivity contribution >= 4 is 67.8 Å². The molecule has 49 heavy (non-hydrogen) atoms. The minimum atomic E-state index is -0.0786. The molecule has 9 heteroatoms. The number of fused-ring (bicyclic) bond motifs is 19. The largest absolute Gasteiger partial charge is 0.327 e. The van der Waals surface area contributed by atoms with Crippen molar-refractivity contribution in [3.8, 4) is 0 Å². The summed E-state index contributed by atoms with van der Waals surface area (Å²) in [5.74, 6) is 3.89. The third-order valence-electron chi connectivity index (χ3n) is 9.24. The summed E-state index contributed by atoms with van der Waals surface area (Å²) < 4.78 is 0. The molecule has 0 amide bonds. The molecule has 1 aliphatic carbocycles. The Balaban J connectivity index is 1.27. The normalized spacial score (nSPS) is 15.2. The second kappa shape index (κ2) is 10.6. The first-order valence-corrected chi connectivity index (χ1v) is 16.1. The number of nitrogens with zero attached hydrogens (tertiary/aromatic N) is 4. The van der Waals surface area contributed by atoms with Crippen LogP contribution in [-0.4, -0.2) is 32.4 Å². The van der Waals surface area contributed by atoms with Gasteiger partial charge in [0.15, 0.2) is 17.5 Å². The first-order valence-electron chi connectivity index (χ1n) is 16.1. The Morgan fingerprint density at radius 1 is 0.592 bits per heavy atom. The number of hydrogen-bond acceptors (Lipinski definition) is 6. The maximum absolute atomic E-state index is 13.5. The number of aliphatic imine (C=N–C) groups is 2. The van der Waals surface area contributed by atoms with Crippen LogP contribution in [0.3, 0.4) is 0 Å². The van der Waals surface area contributed by atoms with Crippen molar-refractivity contribution in [3.63, 3.8) is 0 Å². The molecule has 232 valence electrons. The number of carbonyl (C=O) groups excluding carboxylic acids is 1. The quantitative estimate of drug-likeness (QED) is 0.116. The van der Waals surface area contributed by atoms with E-state index in [2.05, 4.69) is 38.5 Å². The number of aromatic amines is 3. The highest BCUT2D eigenvalue weighted by molar-refractivity contribution is 6.23. The van der Waals surface area contributed by atoms with Crippen molar-refractivity contribution in [1.29, 1.82) is 0 Å².